The maximum atomic E-state index is 12.6. The lowest BCUT2D eigenvalue weighted by molar-refractivity contribution is -0.132. The van der Waals surface area contributed by atoms with Gasteiger partial charge in [-0.15, -0.1) is 0 Å². The van der Waals surface area contributed by atoms with Gasteiger partial charge in [-0.3, -0.25) is 4.79 Å². The summed E-state index contributed by atoms with van der Waals surface area (Å²) in [7, 11) is 0. The number of fused-ring (bicyclic) bond motifs is 1. The van der Waals surface area contributed by atoms with Crippen LogP contribution in [0.25, 0.3) is 11.0 Å². The van der Waals surface area contributed by atoms with Gasteiger partial charge in [-0.25, -0.2) is 4.79 Å². The maximum Gasteiger partial charge on any atom is 0.383 e. The number of carbonyl (C=O) groups is 1. The van der Waals surface area contributed by atoms with Crippen molar-refractivity contribution in [3.8, 4) is 17.2 Å². The quantitative estimate of drug-likeness (QED) is 0.117. The monoisotopic (exact) mass is 458 g/mol. The van der Waals surface area contributed by atoms with Crippen molar-refractivity contribution in [1.29, 1.82) is 0 Å². The van der Waals surface area contributed by atoms with Crippen molar-refractivity contribution in [2.75, 3.05) is 13.2 Å². The molecule has 182 valence electrons. The second-order valence-corrected chi connectivity index (χ2v) is 8.11. The van der Waals surface area contributed by atoms with Gasteiger partial charge in [0.1, 0.15) is 0 Å². The van der Waals surface area contributed by atoms with Gasteiger partial charge in [0.05, 0.1) is 18.6 Å². The number of hydrogen-bond donors (Lipinski definition) is 0. The molecule has 1 heterocycles. The van der Waals surface area contributed by atoms with Crippen molar-refractivity contribution >= 4 is 16.9 Å². The van der Waals surface area contributed by atoms with Crippen LogP contribution >= 0.6 is 0 Å². The zero-order valence-electron chi connectivity index (χ0n) is 20.3. The van der Waals surface area contributed by atoms with Crippen LogP contribution < -0.4 is 19.8 Å². The Bertz CT molecular complexity index is 944. The molecule has 0 amide bonds. The third kappa shape index (κ3) is 8.95. The highest BCUT2D eigenvalue weighted by molar-refractivity contribution is 5.90. The molecule has 0 aliphatic rings. The molecule has 6 nitrogen and oxygen atoms in total. The number of rotatable bonds is 16. The van der Waals surface area contributed by atoms with Gasteiger partial charge in [0, 0.05) is 6.92 Å². The molecule has 6 heteroatoms. The Morgan fingerprint density at radius 3 is 2.33 bits per heavy atom. The topological polar surface area (TPSA) is 75.0 Å². The average molecular weight is 459 g/mol. The van der Waals surface area contributed by atoms with Crippen LogP contribution in [0.15, 0.2) is 39.6 Å². The van der Waals surface area contributed by atoms with Crippen molar-refractivity contribution in [1.82, 2.24) is 0 Å². The third-order valence-electron chi connectivity index (χ3n) is 5.24. The molecule has 0 saturated carbocycles. The molecule has 0 aliphatic carbocycles. The predicted octanol–water partition coefficient (Wildman–Crippen LogP) is 6.97. The molecule has 0 radical (unpaired) electrons. The van der Waals surface area contributed by atoms with E-state index < -0.39 is 11.6 Å². The highest BCUT2D eigenvalue weighted by atomic mass is 16.6. The molecule has 1 aromatic heterocycles. The maximum absolute atomic E-state index is 12.6. The molecule has 2 rings (SSSR count). The van der Waals surface area contributed by atoms with E-state index in [1.807, 2.05) is 0 Å². The predicted molar refractivity (Wildman–Crippen MR) is 131 cm³/mol. The number of esters is 1. The van der Waals surface area contributed by atoms with Gasteiger partial charge >= 0.3 is 11.6 Å². The van der Waals surface area contributed by atoms with Crippen molar-refractivity contribution < 1.29 is 23.4 Å². The second-order valence-electron chi connectivity index (χ2n) is 8.11. The number of ether oxygens (including phenoxy) is 3. The van der Waals surface area contributed by atoms with Crippen LogP contribution in [0.4, 0.5) is 0 Å². The van der Waals surface area contributed by atoms with Gasteiger partial charge in [-0.05, 0) is 31.4 Å². The molecule has 0 spiro atoms. The molecule has 1 aromatic carbocycles. The summed E-state index contributed by atoms with van der Waals surface area (Å²) < 4.78 is 22.5. The van der Waals surface area contributed by atoms with Crippen molar-refractivity contribution in [3.05, 3.63) is 40.8 Å². The third-order valence-corrected chi connectivity index (χ3v) is 5.24. The lowest BCUT2D eigenvalue weighted by Crippen LogP contribution is -2.14. The number of allylic oxidation sites excluding steroid dienone is 1. The summed E-state index contributed by atoms with van der Waals surface area (Å²) in [5.74, 6) is -0.122. The molecule has 0 aliphatic heterocycles. The van der Waals surface area contributed by atoms with Crippen LogP contribution in [0.1, 0.15) is 85.0 Å². The molecule has 0 bridgehead atoms. The highest BCUT2D eigenvalue weighted by Gasteiger charge is 2.21. The van der Waals surface area contributed by atoms with Crippen LogP contribution in [-0.2, 0) is 4.79 Å². The zero-order valence-corrected chi connectivity index (χ0v) is 20.3. The average Bonchev–Trinajstić information content (AvgIpc) is 2.79. The van der Waals surface area contributed by atoms with Crippen LogP contribution in [0.3, 0.4) is 0 Å². The van der Waals surface area contributed by atoms with Crippen LogP contribution in [0, 0.1) is 0 Å². The summed E-state index contributed by atoms with van der Waals surface area (Å²) in [6.45, 7) is 6.42. The fraction of sp³-hybridized carbons (Fsp3) is 0.556. The molecule has 0 unspecified atom stereocenters. The first kappa shape index (κ1) is 26.5. The second kappa shape index (κ2) is 15.1. The minimum Gasteiger partial charge on any atom is -0.489 e. The summed E-state index contributed by atoms with van der Waals surface area (Å²) in [4.78, 5) is 24.2. The first-order chi connectivity index (χ1) is 16.1. The molecular weight excluding hydrogens is 420 g/mol. The Labute approximate surface area is 196 Å². The van der Waals surface area contributed by atoms with Gasteiger partial charge in [0.25, 0.3) is 5.75 Å². The summed E-state index contributed by atoms with van der Waals surface area (Å²) >= 11 is 0. The van der Waals surface area contributed by atoms with E-state index in [0.717, 1.165) is 32.1 Å². The number of benzene rings is 1. The van der Waals surface area contributed by atoms with Crippen molar-refractivity contribution in [3.63, 3.8) is 0 Å². The largest absolute Gasteiger partial charge is 0.489 e. The smallest absolute Gasteiger partial charge is 0.383 e. The molecule has 0 N–H and O–H groups in total. The van der Waals surface area contributed by atoms with E-state index in [-0.39, 0.29) is 11.5 Å². The van der Waals surface area contributed by atoms with Crippen LogP contribution in [0.5, 0.6) is 17.2 Å². The standard InChI is InChI=1S/C27H38O6/c1-4-6-8-10-11-12-13-15-20-31-25-22-17-16-18-23(30-19-14-9-7-5-2)24(22)33-27(29)26(25)32-21(3)28/h7,9,16-18H,4-6,8,10-15,19-20H2,1-3H3/b9-7+. The van der Waals surface area contributed by atoms with E-state index in [0.29, 0.717) is 29.9 Å². The molecule has 2 aromatic rings. The summed E-state index contributed by atoms with van der Waals surface area (Å²) in [5.41, 5.74) is -0.464. The normalized spacial score (nSPS) is 11.2. The molecule has 0 fully saturated rings. The Balaban J connectivity index is 2.12. The van der Waals surface area contributed by atoms with Gasteiger partial charge in [0.15, 0.2) is 17.1 Å². The fourth-order valence-electron chi connectivity index (χ4n) is 3.57. The van der Waals surface area contributed by atoms with Gasteiger partial charge in [-0.2, -0.15) is 0 Å². The molecule has 33 heavy (non-hydrogen) atoms. The molecule has 0 atom stereocenters. The van der Waals surface area contributed by atoms with E-state index in [1.165, 1.54) is 39.0 Å². The highest BCUT2D eigenvalue weighted by Crippen LogP contribution is 2.37. The first-order valence-corrected chi connectivity index (χ1v) is 12.3. The van der Waals surface area contributed by atoms with E-state index in [1.54, 1.807) is 18.2 Å². The lowest BCUT2D eigenvalue weighted by Gasteiger charge is -2.14. The summed E-state index contributed by atoms with van der Waals surface area (Å²) in [6.07, 6.45) is 15.3. The van der Waals surface area contributed by atoms with E-state index in [2.05, 4.69) is 26.0 Å². The minimum atomic E-state index is -0.759. The number of para-hydroxylation sites is 1. The Morgan fingerprint density at radius 2 is 1.64 bits per heavy atom. The SMILES string of the molecule is CC/C=C/CCOc1cccc2c(OCCCCCCCCCC)c(OC(C)=O)c(=O)oc12. The number of carbonyl (C=O) groups excluding carboxylic acids is 1. The number of hydrogen-bond acceptors (Lipinski definition) is 6. The van der Waals surface area contributed by atoms with E-state index in [4.69, 9.17) is 18.6 Å². The van der Waals surface area contributed by atoms with Gasteiger partial charge in [-0.1, -0.05) is 77.0 Å². The number of unbranched alkanes of at least 4 members (excludes halogenated alkanes) is 7. The first-order valence-electron chi connectivity index (χ1n) is 12.3. The van der Waals surface area contributed by atoms with Gasteiger partial charge < -0.3 is 18.6 Å². The summed E-state index contributed by atoms with van der Waals surface area (Å²) in [6, 6.07) is 5.33. The van der Waals surface area contributed by atoms with Crippen molar-refractivity contribution in [2.24, 2.45) is 0 Å². The molecule has 0 saturated heterocycles. The fourth-order valence-corrected chi connectivity index (χ4v) is 3.57. The lowest BCUT2D eigenvalue weighted by atomic mass is 10.1. The van der Waals surface area contributed by atoms with E-state index in [9.17, 15) is 9.59 Å². The van der Waals surface area contributed by atoms with Gasteiger partial charge in [0.2, 0.25) is 0 Å². The summed E-state index contributed by atoms with van der Waals surface area (Å²) in [5, 5.41) is 0.548. The minimum absolute atomic E-state index is 0.211. The zero-order chi connectivity index (χ0) is 23.9. The Morgan fingerprint density at radius 1 is 0.909 bits per heavy atom. The van der Waals surface area contributed by atoms with E-state index >= 15 is 0 Å². The Kier molecular flexibility index (Phi) is 12.2. The van der Waals surface area contributed by atoms with Crippen LogP contribution in [0.2, 0.25) is 0 Å². The van der Waals surface area contributed by atoms with Crippen LogP contribution in [-0.4, -0.2) is 19.2 Å². The Hall–Kier alpha value is -2.76. The van der Waals surface area contributed by atoms with Crippen molar-refractivity contribution in [2.45, 2.75) is 85.0 Å². The molecular formula is C27H38O6.